The molecule has 3 aromatic rings. The van der Waals surface area contributed by atoms with Crippen LogP contribution >= 0.6 is 0 Å². The van der Waals surface area contributed by atoms with Gasteiger partial charge in [0.05, 0.1) is 13.1 Å². The minimum atomic E-state index is -3.59. The van der Waals surface area contributed by atoms with Gasteiger partial charge in [-0.2, -0.15) is 0 Å². The van der Waals surface area contributed by atoms with Crippen molar-refractivity contribution in [2.75, 3.05) is 13.1 Å². The van der Waals surface area contributed by atoms with Gasteiger partial charge in [-0.25, -0.2) is 0 Å². The molecule has 0 aliphatic carbocycles. The molecule has 1 saturated heterocycles. The number of hydrogen-bond acceptors (Lipinski definition) is 4. The van der Waals surface area contributed by atoms with Crippen LogP contribution in [0.4, 0.5) is 0 Å². The number of likely N-dealkylation sites (tertiary alicyclic amines) is 1. The van der Waals surface area contributed by atoms with Crippen LogP contribution in [-0.4, -0.2) is 37.4 Å². The Balaban J connectivity index is 1.55. The second-order valence-corrected chi connectivity index (χ2v) is 10.6. The summed E-state index contributed by atoms with van der Waals surface area (Å²) < 4.78 is 29.0. The minimum Gasteiger partial charge on any atom is -0.593 e. The molecule has 0 N–H and O–H groups in total. The molecule has 1 spiro atoms. The fourth-order valence-electron chi connectivity index (χ4n) is 5.11. The average molecular weight is 434 g/mol. The van der Waals surface area contributed by atoms with Crippen LogP contribution in [0.15, 0.2) is 84.0 Å². The molecule has 2 atom stereocenters. The van der Waals surface area contributed by atoms with Gasteiger partial charge in [-0.3, -0.25) is 9.88 Å². The third-order valence-corrected chi connectivity index (χ3v) is 8.51. The van der Waals surface area contributed by atoms with E-state index in [4.69, 9.17) is 0 Å². The number of benzene rings is 2. The van der Waals surface area contributed by atoms with Gasteiger partial charge in [-0.1, -0.05) is 46.7 Å². The Labute approximate surface area is 185 Å². The second-order valence-electron chi connectivity index (χ2n) is 8.64. The van der Waals surface area contributed by atoms with E-state index in [9.17, 15) is 8.76 Å². The van der Waals surface area contributed by atoms with Crippen molar-refractivity contribution in [2.45, 2.75) is 42.8 Å². The lowest BCUT2D eigenvalue weighted by molar-refractivity contribution is 0.104. The fourth-order valence-corrected chi connectivity index (χ4v) is 6.63. The Morgan fingerprint density at radius 1 is 0.968 bits per heavy atom. The van der Waals surface area contributed by atoms with E-state index in [2.05, 4.69) is 40.2 Å². The largest absolute Gasteiger partial charge is 0.593 e. The summed E-state index contributed by atoms with van der Waals surface area (Å²) in [6.07, 6.45) is 6.59. The third kappa shape index (κ3) is 3.96. The second kappa shape index (κ2) is 8.28. The van der Waals surface area contributed by atoms with E-state index in [-0.39, 0.29) is 5.54 Å². The zero-order chi connectivity index (χ0) is 21.3. The lowest BCUT2D eigenvalue weighted by Crippen LogP contribution is -2.54. The van der Waals surface area contributed by atoms with E-state index in [1.807, 2.05) is 24.5 Å². The number of nitrogens with zero attached hydrogens (tertiary/aromatic N) is 3. The van der Waals surface area contributed by atoms with Crippen LogP contribution < -0.4 is 0 Å². The van der Waals surface area contributed by atoms with Crippen LogP contribution in [0.25, 0.3) is 0 Å². The molecule has 2 unspecified atom stereocenters. The van der Waals surface area contributed by atoms with Crippen LogP contribution in [0.5, 0.6) is 0 Å². The van der Waals surface area contributed by atoms with E-state index in [1.54, 1.807) is 28.6 Å². The lowest BCUT2D eigenvalue weighted by atomic mass is 9.87. The minimum absolute atomic E-state index is 0.211. The van der Waals surface area contributed by atoms with Gasteiger partial charge in [0.1, 0.15) is 0 Å². The standard InChI is InChI=1S/C25H27N3O2S/c29-31(30,24-9-2-1-3-10-24)28-19-23-8-5-4-7-22(23)17-25(20-28)13-6-16-27(25)18-21-11-14-26-15-12-21/h1-5,7-12,14-15H,6,13,16-20H2. The molecule has 3 heterocycles. The molecule has 160 valence electrons. The number of pyridine rings is 1. The molecular weight excluding hydrogens is 406 g/mol. The summed E-state index contributed by atoms with van der Waals surface area (Å²) in [5.41, 5.74) is 3.37. The molecule has 0 radical (unpaired) electrons. The number of sulfonamides is 1. The number of aromatic nitrogens is 1. The molecule has 6 heteroatoms. The molecule has 5 rings (SSSR count). The van der Waals surface area contributed by atoms with E-state index >= 15 is 0 Å². The lowest BCUT2D eigenvalue weighted by Gasteiger charge is -2.41. The van der Waals surface area contributed by atoms with Gasteiger partial charge in [-0.05, 0) is 66.8 Å². The number of hydrogen-bond donors (Lipinski definition) is 0. The van der Waals surface area contributed by atoms with E-state index in [1.165, 1.54) is 11.1 Å². The summed E-state index contributed by atoms with van der Waals surface area (Å²) in [6, 6.07) is 21.2. The predicted octanol–water partition coefficient (Wildman–Crippen LogP) is 4.08. The smallest absolute Gasteiger partial charge is 0.175 e. The van der Waals surface area contributed by atoms with Gasteiger partial charge in [0.15, 0.2) is 15.3 Å². The summed E-state index contributed by atoms with van der Waals surface area (Å²) in [5, 5.41) is 0. The molecule has 1 aromatic heterocycles. The molecular formula is C25H27N3O2S. The average Bonchev–Trinajstić information content (AvgIpc) is 3.07. The maximum atomic E-state index is 13.7. The molecule has 0 bridgehead atoms. The van der Waals surface area contributed by atoms with Gasteiger partial charge >= 0.3 is 0 Å². The SMILES string of the molecule is O=[S+]([O-])(c1ccccc1)N1Cc2ccccc2CC2(CCCN2Cc2ccncc2)C1. The van der Waals surface area contributed by atoms with Crippen molar-refractivity contribution in [2.24, 2.45) is 0 Å². The Morgan fingerprint density at radius 2 is 1.68 bits per heavy atom. The highest BCUT2D eigenvalue weighted by Gasteiger charge is 2.48. The van der Waals surface area contributed by atoms with Gasteiger partial charge in [0.2, 0.25) is 0 Å². The first kappa shape index (κ1) is 20.5. The Morgan fingerprint density at radius 3 is 2.45 bits per heavy atom. The maximum Gasteiger partial charge on any atom is 0.175 e. The molecule has 2 aliphatic rings. The summed E-state index contributed by atoms with van der Waals surface area (Å²) in [7, 11) is -3.59. The topological polar surface area (TPSA) is 59.5 Å². The maximum absolute atomic E-state index is 13.7. The van der Waals surface area contributed by atoms with E-state index < -0.39 is 10.4 Å². The molecule has 0 saturated carbocycles. The van der Waals surface area contributed by atoms with Crippen molar-refractivity contribution in [3.05, 3.63) is 95.8 Å². The quantitative estimate of drug-likeness (QED) is 0.582. The first-order valence-corrected chi connectivity index (χ1v) is 12.3. The van der Waals surface area contributed by atoms with Crippen LogP contribution in [0.1, 0.15) is 29.5 Å². The highest BCUT2D eigenvalue weighted by Crippen LogP contribution is 2.40. The summed E-state index contributed by atoms with van der Waals surface area (Å²) >= 11 is 0. The van der Waals surface area contributed by atoms with Crippen LogP contribution in [-0.2, 0) is 34.1 Å². The monoisotopic (exact) mass is 433 g/mol. The van der Waals surface area contributed by atoms with Gasteiger partial charge < -0.3 is 4.55 Å². The number of rotatable bonds is 4. The van der Waals surface area contributed by atoms with Crippen molar-refractivity contribution in [1.82, 2.24) is 14.2 Å². The highest BCUT2D eigenvalue weighted by atomic mass is 32.3. The van der Waals surface area contributed by atoms with Gasteiger partial charge in [-0.15, -0.1) is 4.31 Å². The molecule has 5 nitrogen and oxygen atoms in total. The Hall–Kier alpha value is -2.38. The Bertz CT molecular complexity index is 1090. The fraction of sp³-hybridized carbons (Fsp3) is 0.320. The molecule has 2 aromatic carbocycles. The zero-order valence-corrected chi connectivity index (χ0v) is 18.3. The van der Waals surface area contributed by atoms with Crippen LogP contribution in [0.3, 0.4) is 0 Å². The van der Waals surface area contributed by atoms with Crippen molar-refractivity contribution in [1.29, 1.82) is 0 Å². The van der Waals surface area contributed by atoms with E-state index in [0.717, 1.165) is 37.9 Å². The molecule has 2 aliphatic heterocycles. The Kier molecular flexibility index (Phi) is 5.48. The van der Waals surface area contributed by atoms with Gasteiger partial charge in [0, 0.05) is 24.5 Å². The summed E-state index contributed by atoms with van der Waals surface area (Å²) in [4.78, 5) is 7.00. The first-order chi connectivity index (χ1) is 15.1. The molecule has 31 heavy (non-hydrogen) atoms. The summed E-state index contributed by atoms with van der Waals surface area (Å²) in [5.74, 6) is 0. The molecule has 1 fully saturated rings. The normalized spacial score (nSPS) is 23.9. The van der Waals surface area contributed by atoms with Crippen molar-refractivity contribution in [3.8, 4) is 0 Å². The van der Waals surface area contributed by atoms with Crippen LogP contribution in [0.2, 0.25) is 0 Å². The predicted molar refractivity (Wildman–Crippen MR) is 121 cm³/mol. The third-order valence-electron chi connectivity index (χ3n) is 6.70. The number of fused-ring (bicyclic) bond motifs is 1. The van der Waals surface area contributed by atoms with Crippen molar-refractivity contribution < 1.29 is 8.76 Å². The van der Waals surface area contributed by atoms with Crippen molar-refractivity contribution in [3.63, 3.8) is 0 Å². The highest BCUT2D eigenvalue weighted by molar-refractivity contribution is 7.95. The zero-order valence-electron chi connectivity index (χ0n) is 17.5. The van der Waals surface area contributed by atoms with Crippen LogP contribution in [0, 0.1) is 0 Å². The molecule has 0 amide bonds. The summed E-state index contributed by atoms with van der Waals surface area (Å²) in [6.45, 7) is 2.70. The van der Waals surface area contributed by atoms with Gasteiger partial charge in [0.25, 0.3) is 0 Å². The van der Waals surface area contributed by atoms with E-state index in [0.29, 0.717) is 18.0 Å². The first-order valence-electron chi connectivity index (χ1n) is 10.8. The van der Waals surface area contributed by atoms with Crippen molar-refractivity contribution >= 4 is 10.4 Å².